The zero-order chi connectivity index (χ0) is 20.5. The van der Waals surface area contributed by atoms with Gasteiger partial charge < -0.3 is 9.88 Å². The fraction of sp³-hybridized carbons (Fsp3) is 0.333. The molecule has 0 saturated carbocycles. The second kappa shape index (κ2) is 8.28. The van der Waals surface area contributed by atoms with Crippen molar-refractivity contribution in [2.24, 2.45) is 0 Å². The minimum atomic E-state index is -0.0361. The average Bonchev–Trinajstić information content (AvgIpc) is 3.15. The van der Waals surface area contributed by atoms with Gasteiger partial charge in [0.2, 0.25) is 0 Å². The standard InChI is InChI=1S/C24H26N4OS/c1-17-9-3-6-12-20(17)28-23(29)22-21(18-10-4-5-11-19(18)25-22)26-24(28)30-16-15-27-13-7-2-8-14-27/h3-6,9-12,25H,2,7-8,13-16H2,1H3. The highest BCUT2D eigenvalue weighted by Crippen LogP contribution is 2.27. The summed E-state index contributed by atoms with van der Waals surface area (Å²) in [4.78, 5) is 24.4. The SMILES string of the molecule is Cc1ccccc1-n1c(SCCN2CCCCC2)nc2c([nH]c3ccccc32)c1=O. The van der Waals surface area contributed by atoms with Gasteiger partial charge in [-0.3, -0.25) is 9.36 Å². The highest BCUT2D eigenvalue weighted by molar-refractivity contribution is 7.99. The maximum absolute atomic E-state index is 13.6. The van der Waals surface area contributed by atoms with Crippen LogP contribution in [0.4, 0.5) is 0 Å². The van der Waals surface area contributed by atoms with E-state index in [9.17, 15) is 4.79 Å². The predicted molar refractivity (Wildman–Crippen MR) is 125 cm³/mol. The number of hydrogen-bond acceptors (Lipinski definition) is 4. The summed E-state index contributed by atoms with van der Waals surface area (Å²) in [6.07, 6.45) is 3.92. The van der Waals surface area contributed by atoms with Crippen LogP contribution < -0.4 is 5.56 Å². The van der Waals surface area contributed by atoms with E-state index >= 15 is 0 Å². The molecule has 154 valence electrons. The van der Waals surface area contributed by atoms with E-state index in [-0.39, 0.29) is 5.56 Å². The van der Waals surface area contributed by atoms with Crippen molar-refractivity contribution in [3.63, 3.8) is 0 Å². The van der Waals surface area contributed by atoms with Crippen molar-refractivity contribution in [3.8, 4) is 5.69 Å². The largest absolute Gasteiger partial charge is 0.349 e. The molecule has 2 aromatic heterocycles. The van der Waals surface area contributed by atoms with Crippen molar-refractivity contribution in [2.45, 2.75) is 31.3 Å². The number of aromatic amines is 1. The first-order valence-electron chi connectivity index (χ1n) is 10.7. The molecule has 0 radical (unpaired) electrons. The van der Waals surface area contributed by atoms with E-state index in [0.717, 1.165) is 45.1 Å². The van der Waals surface area contributed by atoms with Crippen LogP contribution in [0, 0.1) is 6.92 Å². The Kier molecular flexibility index (Phi) is 5.35. The summed E-state index contributed by atoms with van der Waals surface area (Å²) in [5.41, 5.74) is 4.21. The molecule has 0 atom stereocenters. The van der Waals surface area contributed by atoms with Crippen LogP contribution in [0.15, 0.2) is 58.5 Å². The van der Waals surface area contributed by atoms with Gasteiger partial charge in [0, 0.05) is 23.2 Å². The number of benzene rings is 2. The summed E-state index contributed by atoms with van der Waals surface area (Å²) in [5, 5.41) is 1.77. The Balaban J connectivity index is 1.60. The summed E-state index contributed by atoms with van der Waals surface area (Å²) in [6, 6.07) is 16.0. The van der Waals surface area contributed by atoms with Crippen LogP contribution in [0.3, 0.4) is 0 Å². The van der Waals surface area contributed by atoms with E-state index in [0.29, 0.717) is 5.52 Å². The van der Waals surface area contributed by atoms with Gasteiger partial charge in [0.05, 0.1) is 5.69 Å². The molecule has 1 aliphatic rings. The molecule has 1 aliphatic heterocycles. The molecule has 30 heavy (non-hydrogen) atoms. The zero-order valence-electron chi connectivity index (χ0n) is 17.2. The van der Waals surface area contributed by atoms with Crippen molar-refractivity contribution in [3.05, 3.63) is 64.4 Å². The molecule has 1 saturated heterocycles. The van der Waals surface area contributed by atoms with Crippen molar-refractivity contribution >= 4 is 33.7 Å². The monoisotopic (exact) mass is 418 g/mol. The van der Waals surface area contributed by atoms with E-state index in [1.165, 1.54) is 32.4 Å². The molecule has 5 rings (SSSR count). The molecule has 4 aromatic rings. The number of hydrogen-bond donors (Lipinski definition) is 1. The van der Waals surface area contributed by atoms with Gasteiger partial charge in [-0.15, -0.1) is 0 Å². The number of rotatable bonds is 5. The molecule has 0 unspecified atom stereocenters. The van der Waals surface area contributed by atoms with E-state index in [4.69, 9.17) is 4.98 Å². The molecule has 1 fully saturated rings. The number of piperidine rings is 1. The highest BCUT2D eigenvalue weighted by atomic mass is 32.2. The third kappa shape index (κ3) is 3.55. The number of aromatic nitrogens is 3. The molecule has 0 aliphatic carbocycles. The van der Waals surface area contributed by atoms with Crippen LogP contribution >= 0.6 is 11.8 Å². The smallest absolute Gasteiger partial charge is 0.283 e. The molecule has 6 heteroatoms. The number of nitrogens with zero attached hydrogens (tertiary/aromatic N) is 3. The minimum Gasteiger partial charge on any atom is -0.349 e. The Morgan fingerprint density at radius 3 is 2.63 bits per heavy atom. The second-order valence-corrected chi connectivity index (χ2v) is 9.03. The Labute approximate surface area is 180 Å². The first-order chi connectivity index (χ1) is 14.7. The van der Waals surface area contributed by atoms with Gasteiger partial charge in [0.25, 0.3) is 5.56 Å². The lowest BCUT2D eigenvalue weighted by Crippen LogP contribution is -2.31. The van der Waals surface area contributed by atoms with Crippen LogP contribution in [0.1, 0.15) is 24.8 Å². The molecule has 0 bridgehead atoms. The minimum absolute atomic E-state index is 0.0361. The number of aryl methyl sites for hydroxylation is 1. The molecule has 3 heterocycles. The maximum Gasteiger partial charge on any atom is 0.283 e. The quantitative estimate of drug-likeness (QED) is 0.375. The summed E-state index contributed by atoms with van der Waals surface area (Å²) >= 11 is 1.68. The van der Waals surface area contributed by atoms with E-state index in [2.05, 4.69) is 9.88 Å². The Hall–Kier alpha value is -2.57. The molecule has 1 N–H and O–H groups in total. The first kappa shape index (κ1) is 19.4. The number of likely N-dealkylation sites (tertiary alicyclic amines) is 1. The third-order valence-corrected chi connectivity index (χ3v) is 6.86. The molecule has 0 amide bonds. The number of fused-ring (bicyclic) bond motifs is 3. The lowest BCUT2D eigenvalue weighted by molar-refractivity contribution is 0.242. The summed E-state index contributed by atoms with van der Waals surface area (Å²) in [6.45, 7) is 5.43. The maximum atomic E-state index is 13.6. The summed E-state index contributed by atoms with van der Waals surface area (Å²) in [5.74, 6) is 0.923. The molecule has 2 aromatic carbocycles. The van der Waals surface area contributed by atoms with Gasteiger partial charge in [-0.05, 0) is 50.6 Å². The van der Waals surface area contributed by atoms with Gasteiger partial charge in [-0.2, -0.15) is 0 Å². The Bertz CT molecular complexity index is 1250. The normalized spacial score (nSPS) is 15.2. The van der Waals surface area contributed by atoms with E-state index in [1.807, 2.05) is 55.5 Å². The van der Waals surface area contributed by atoms with Gasteiger partial charge >= 0.3 is 0 Å². The topological polar surface area (TPSA) is 53.9 Å². The average molecular weight is 419 g/mol. The van der Waals surface area contributed by atoms with Crippen LogP contribution in [0.25, 0.3) is 27.6 Å². The van der Waals surface area contributed by atoms with E-state index < -0.39 is 0 Å². The van der Waals surface area contributed by atoms with E-state index in [1.54, 1.807) is 16.3 Å². The number of H-pyrrole nitrogens is 1. The van der Waals surface area contributed by atoms with Crippen molar-refractivity contribution in [2.75, 3.05) is 25.4 Å². The zero-order valence-corrected chi connectivity index (χ0v) is 18.0. The predicted octanol–water partition coefficient (Wildman–Crippen LogP) is 4.75. The second-order valence-electron chi connectivity index (χ2n) is 7.97. The molecular weight excluding hydrogens is 392 g/mol. The molecular formula is C24H26N4OS. The number of thioether (sulfide) groups is 1. The molecule has 0 spiro atoms. The van der Waals surface area contributed by atoms with Gasteiger partial charge in [-0.1, -0.05) is 54.6 Å². The third-order valence-electron chi connectivity index (χ3n) is 5.94. The van der Waals surface area contributed by atoms with Crippen molar-refractivity contribution < 1.29 is 0 Å². The van der Waals surface area contributed by atoms with Crippen LogP contribution in [0.2, 0.25) is 0 Å². The van der Waals surface area contributed by atoms with Crippen LogP contribution in [-0.4, -0.2) is 44.8 Å². The van der Waals surface area contributed by atoms with Gasteiger partial charge in [0.15, 0.2) is 5.16 Å². The Morgan fingerprint density at radius 1 is 1.03 bits per heavy atom. The Morgan fingerprint density at radius 2 is 1.80 bits per heavy atom. The summed E-state index contributed by atoms with van der Waals surface area (Å²) in [7, 11) is 0. The number of nitrogens with one attached hydrogen (secondary N) is 1. The number of para-hydroxylation sites is 2. The lowest BCUT2D eigenvalue weighted by Gasteiger charge is -2.26. The van der Waals surface area contributed by atoms with Crippen molar-refractivity contribution in [1.29, 1.82) is 0 Å². The fourth-order valence-electron chi connectivity index (χ4n) is 4.31. The van der Waals surface area contributed by atoms with Crippen LogP contribution in [0.5, 0.6) is 0 Å². The van der Waals surface area contributed by atoms with Crippen LogP contribution in [-0.2, 0) is 0 Å². The first-order valence-corrected chi connectivity index (χ1v) is 11.7. The van der Waals surface area contributed by atoms with Gasteiger partial charge in [-0.25, -0.2) is 4.98 Å². The lowest BCUT2D eigenvalue weighted by atomic mass is 10.1. The summed E-state index contributed by atoms with van der Waals surface area (Å²) < 4.78 is 1.79. The molecule has 5 nitrogen and oxygen atoms in total. The highest BCUT2D eigenvalue weighted by Gasteiger charge is 2.18. The van der Waals surface area contributed by atoms with Crippen molar-refractivity contribution in [1.82, 2.24) is 19.4 Å². The van der Waals surface area contributed by atoms with Gasteiger partial charge in [0.1, 0.15) is 11.0 Å². The fourth-order valence-corrected chi connectivity index (χ4v) is 5.31.